The van der Waals surface area contributed by atoms with Crippen LogP contribution in [0, 0.1) is 0 Å². The molecule has 0 fully saturated rings. The number of ether oxygens (including phenoxy) is 1. The summed E-state index contributed by atoms with van der Waals surface area (Å²) in [5.41, 5.74) is 6.68. The maximum Gasteiger partial charge on any atom is 0.320 e. The number of carbonyl (C=O) groups is 1. The molecule has 0 spiro atoms. The van der Waals surface area contributed by atoms with Gasteiger partial charge in [-0.3, -0.25) is 10.1 Å². The van der Waals surface area contributed by atoms with Crippen LogP contribution in [0.5, 0.6) is 0 Å². The van der Waals surface area contributed by atoms with Crippen molar-refractivity contribution in [3.63, 3.8) is 0 Å². The molecule has 1 aromatic carbocycles. The smallest absolute Gasteiger partial charge is 0.320 e. The number of amidine groups is 1. The summed E-state index contributed by atoms with van der Waals surface area (Å²) in [7, 11) is -1.96. The second-order valence-corrected chi connectivity index (χ2v) is 14.5. The van der Waals surface area contributed by atoms with Crippen LogP contribution >= 0.6 is 0 Å². The van der Waals surface area contributed by atoms with E-state index in [9.17, 15) is 4.79 Å². The molecule has 0 amide bonds. The first-order valence-electron chi connectivity index (χ1n) is 9.83. The molecule has 1 atom stereocenters. The topological polar surface area (TPSA) is 106 Å². The number of rotatable bonds is 8. The van der Waals surface area contributed by atoms with Crippen molar-refractivity contribution >= 4 is 20.1 Å². The number of hydrogen-bond donors (Lipinski definition) is 3. The Morgan fingerprint density at radius 3 is 2.17 bits per heavy atom. The van der Waals surface area contributed by atoms with E-state index in [1.807, 2.05) is 32.9 Å². The van der Waals surface area contributed by atoms with Crippen LogP contribution in [0.25, 0.3) is 0 Å². The van der Waals surface area contributed by atoms with Crippen molar-refractivity contribution in [3.8, 4) is 0 Å². The Morgan fingerprint density at radius 1 is 1.17 bits per heavy atom. The van der Waals surface area contributed by atoms with Gasteiger partial charge in [0.2, 0.25) is 0 Å². The summed E-state index contributed by atoms with van der Waals surface area (Å²) < 4.78 is 11.8. The maximum absolute atomic E-state index is 12.2. The van der Waals surface area contributed by atoms with Crippen LogP contribution in [-0.4, -0.2) is 44.1 Å². The summed E-state index contributed by atoms with van der Waals surface area (Å²) in [6, 6.07) is 7.13. The van der Waals surface area contributed by atoms with E-state index in [0.29, 0.717) is 12.2 Å². The lowest BCUT2D eigenvalue weighted by Gasteiger charge is -2.37. The summed E-state index contributed by atoms with van der Waals surface area (Å²) in [5, 5.41) is 15.2. The molecule has 0 saturated heterocycles. The van der Waals surface area contributed by atoms with E-state index in [0.717, 1.165) is 5.56 Å². The van der Waals surface area contributed by atoms with Gasteiger partial charge in [-0.2, -0.15) is 0 Å². The second kappa shape index (κ2) is 9.73. The predicted molar refractivity (Wildman–Crippen MR) is 119 cm³/mol. The fourth-order valence-electron chi connectivity index (χ4n) is 2.31. The van der Waals surface area contributed by atoms with Gasteiger partial charge in [-0.25, -0.2) is 0 Å². The standard InChI is InChI=1S/C21H37N3O4Si/c1-20(2,3)28-18(25)13-23-17(14-27-29(7,8)21(4,5)6)15-9-11-16(12-10-15)19(22)24-26/h9-12,17,23,26H,13-14H2,1-8H3,(H2,22,24). The number of nitrogens with two attached hydrogens (primary N) is 1. The first kappa shape index (κ1) is 25.1. The van der Waals surface area contributed by atoms with Crippen molar-refractivity contribution < 1.29 is 19.2 Å². The van der Waals surface area contributed by atoms with Gasteiger partial charge in [0, 0.05) is 5.56 Å². The third kappa shape index (κ3) is 8.16. The number of nitrogens with one attached hydrogen (secondary N) is 1. The molecule has 0 aromatic heterocycles. The van der Waals surface area contributed by atoms with Gasteiger partial charge < -0.3 is 20.1 Å². The Hall–Kier alpha value is -1.90. The summed E-state index contributed by atoms with van der Waals surface area (Å²) in [5.74, 6) is -0.268. The lowest BCUT2D eigenvalue weighted by Crippen LogP contribution is -2.43. The SMILES string of the molecule is CC(C)(C)OC(=O)CNC(CO[Si](C)(C)C(C)(C)C)c1ccc(C(N)=NO)cc1. The zero-order valence-corrected chi connectivity index (χ0v) is 20.0. The van der Waals surface area contributed by atoms with Crippen molar-refractivity contribution in [3.05, 3.63) is 35.4 Å². The van der Waals surface area contributed by atoms with E-state index >= 15 is 0 Å². The molecule has 1 rings (SSSR count). The van der Waals surface area contributed by atoms with Crippen molar-refractivity contribution in [1.29, 1.82) is 0 Å². The normalized spacial score (nSPS) is 14.6. The average Bonchev–Trinajstić information content (AvgIpc) is 2.58. The Kier molecular flexibility index (Phi) is 8.43. The molecule has 4 N–H and O–H groups in total. The largest absolute Gasteiger partial charge is 0.459 e. The molecule has 1 aromatic rings. The van der Waals surface area contributed by atoms with Gasteiger partial charge in [-0.1, -0.05) is 50.2 Å². The molecule has 7 nitrogen and oxygen atoms in total. The minimum absolute atomic E-state index is 0.0485. The third-order valence-corrected chi connectivity index (χ3v) is 9.55. The molecule has 0 aliphatic heterocycles. The number of carbonyl (C=O) groups excluding carboxylic acids is 1. The first-order chi connectivity index (χ1) is 13.2. The van der Waals surface area contributed by atoms with Crippen molar-refractivity contribution in [2.24, 2.45) is 10.9 Å². The van der Waals surface area contributed by atoms with Crippen LogP contribution in [0.15, 0.2) is 29.4 Å². The molecule has 0 heterocycles. The van der Waals surface area contributed by atoms with E-state index in [4.69, 9.17) is 20.1 Å². The minimum Gasteiger partial charge on any atom is -0.459 e. The molecule has 29 heavy (non-hydrogen) atoms. The Bertz CT molecular complexity index is 704. The van der Waals surface area contributed by atoms with E-state index in [2.05, 4.69) is 44.3 Å². The monoisotopic (exact) mass is 423 g/mol. The summed E-state index contributed by atoms with van der Waals surface area (Å²) >= 11 is 0. The number of benzene rings is 1. The van der Waals surface area contributed by atoms with Crippen LogP contribution < -0.4 is 11.1 Å². The highest BCUT2D eigenvalue weighted by Crippen LogP contribution is 2.37. The highest BCUT2D eigenvalue weighted by molar-refractivity contribution is 6.74. The van der Waals surface area contributed by atoms with Crippen molar-refractivity contribution in [2.75, 3.05) is 13.2 Å². The first-order valence-corrected chi connectivity index (χ1v) is 12.7. The van der Waals surface area contributed by atoms with Gasteiger partial charge in [0.15, 0.2) is 14.2 Å². The zero-order chi connectivity index (χ0) is 22.5. The van der Waals surface area contributed by atoms with Gasteiger partial charge in [-0.15, -0.1) is 0 Å². The Morgan fingerprint density at radius 2 is 1.72 bits per heavy atom. The van der Waals surface area contributed by atoms with Crippen molar-refractivity contribution in [1.82, 2.24) is 5.32 Å². The van der Waals surface area contributed by atoms with Gasteiger partial charge >= 0.3 is 5.97 Å². The van der Waals surface area contributed by atoms with Gasteiger partial charge in [0.25, 0.3) is 0 Å². The van der Waals surface area contributed by atoms with Gasteiger partial charge in [-0.05, 0) is 44.5 Å². The van der Waals surface area contributed by atoms with Gasteiger partial charge in [0.05, 0.1) is 19.2 Å². The maximum atomic E-state index is 12.2. The molecule has 0 aliphatic rings. The molecule has 0 saturated carbocycles. The summed E-state index contributed by atoms with van der Waals surface area (Å²) in [6.45, 7) is 17.0. The van der Waals surface area contributed by atoms with Crippen molar-refractivity contribution in [2.45, 2.75) is 71.3 Å². The van der Waals surface area contributed by atoms with Crippen LogP contribution in [0.1, 0.15) is 58.7 Å². The van der Waals surface area contributed by atoms with Crippen LogP contribution in [0.3, 0.4) is 0 Å². The van der Waals surface area contributed by atoms with E-state index < -0.39 is 13.9 Å². The van der Waals surface area contributed by atoms with E-state index in [1.165, 1.54) is 0 Å². The fourth-order valence-corrected chi connectivity index (χ4v) is 3.33. The Balaban J connectivity index is 2.97. The fraction of sp³-hybridized carbons (Fsp3) is 0.619. The molecule has 8 heteroatoms. The highest BCUT2D eigenvalue weighted by atomic mass is 28.4. The molecule has 164 valence electrons. The molecule has 0 bridgehead atoms. The van der Waals surface area contributed by atoms with Crippen LogP contribution in [0.4, 0.5) is 0 Å². The second-order valence-electron chi connectivity index (χ2n) is 9.70. The van der Waals surface area contributed by atoms with E-state index in [1.54, 1.807) is 12.1 Å². The highest BCUT2D eigenvalue weighted by Gasteiger charge is 2.37. The summed E-state index contributed by atoms with van der Waals surface area (Å²) in [6.07, 6.45) is 0. The molecule has 1 unspecified atom stereocenters. The zero-order valence-electron chi connectivity index (χ0n) is 19.0. The lowest BCUT2D eigenvalue weighted by atomic mass is 10.0. The Labute approximate surface area is 175 Å². The van der Waals surface area contributed by atoms with Crippen LogP contribution in [-0.2, 0) is 14.0 Å². The molecular weight excluding hydrogens is 386 g/mol. The van der Waals surface area contributed by atoms with Gasteiger partial charge in [0.1, 0.15) is 5.60 Å². The molecule has 0 aliphatic carbocycles. The quantitative estimate of drug-likeness (QED) is 0.147. The summed E-state index contributed by atoms with van der Waals surface area (Å²) in [4.78, 5) is 12.2. The van der Waals surface area contributed by atoms with E-state index in [-0.39, 0.29) is 29.4 Å². The number of esters is 1. The molecule has 0 radical (unpaired) electrons. The predicted octanol–water partition coefficient (Wildman–Crippen LogP) is 3.78. The molecular formula is C21H37N3O4Si. The third-order valence-electron chi connectivity index (χ3n) is 5.05. The lowest BCUT2D eigenvalue weighted by molar-refractivity contribution is -0.153. The van der Waals surface area contributed by atoms with Crippen LogP contribution in [0.2, 0.25) is 18.1 Å². The number of hydrogen-bond acceptors (Lipinski definition) is 6. The number of nitrogens with zero attached hydrogens (tertiary/aromatic N) is 1. The average molecular weight is 424 g/mol. The minimum atomic E-state index is -1.96. The number of oxime groups is 1.